The Balaban J connectivity index is 1.42. The summed E-state index contributed by atoms with van der Waals surface area (Å²) in [4.78, 5) is 25.3. The van der Waals surface area contributed by atoms with Crippen LogP contribution in [0.4, 0.5) is 20.7 Å². The van der Waals surface area contributed by atoms with E-state index in [2.05, 4.69) is 20.2 Å². The molecule has 0 unspecified atom stereocenters. The Kier molecular flexibility index (Phi) is 4.96. The summed E-state index contributed by atoms with van der Waals surface area (Å²) in [6.07, 6.45) is 5.66. The second-order valence-electron chi connectivity index (χ2n) is 7.52. The average molecular weight is 410 g/mol. The van der Waals surface area contributed by atoms with Crippen LogP contribution in [0.3, 0.4) is 0 Å². The van der Waals surface area contributed by atoms with Gasteiger partial charge in [-0.1, -0.05) is 0 Å². The van der Waals surface area contributed by atoms with Gasteiger partial charge in [0.1, 0.15) is 11.6 Å². The molecule has 2 aliphatic heterocycles. The van der Waals surface area contributed by atoms with Gasteiger partial charge in [0.2, 0.25) is 5.78 Å². The van der Waals surface area contributed by atoms with Crippen LogP contribution in [0.25, 0.3) is 17.0 Å². The number of imidazole rings is 1. The molecular weight excluding hydrogens is 387 g/mol. The lowest BCUT2D eigenvalue weighted by Crippen LogP contribution is -2.36. The first-order chi connectivity index (χ1) is 14.7. The van der Waals surface area contributed by atoms with Gasteiger partial charge in [0, 0.05) is 43.6 Å². The van der Waals surface area contributed by atoms with Gasteiger partial charge in [0.25, 0.3) is 0 Å². The Hall–Kier alpha value is -3.20. The minimum atomic E-state index is -0.397. The number of hydrogen-bond acceptors (Lipinski definition) is 5. The third kappa shape index (κ3) is 3.56. The molecule has 8 nitrogen and oxygen atoms in total. The second kappa shape index (κ2) is 7.91. The van der Waals surface area contributed by atoms with E-state index in [-0.39, 0.29) is 6.03 Å². The number of fused-ring (bicyclic) bond motifs is 1. The Labute approximate surface area is 173 Å². The van der Waals surface area contributed by atoms with Crippen molar-refractivity contribution in [3.8, 4) is 11.3 Å². The predicted molar refractivity (Wildman–Crippen MR) is 111 cm³/mol. The molecule has 2 fully saturated rings. The highest BCUT2D eigenvalue weighted by atomic mass is 19.1. The van der Waals surface area contributed by atoms with Crippen molar-refractivity contribution in [2.45, 2.75) is 12.8 Å². The van der Waals surface area contributed by atoms with E-state index in [9.17, 15) is 9.18 Å². The lowest BCUT2D eigenvalue weighted by atomic mass is 10.1. The minimum Gasteiger partial charge on any atom is -0.378 e. The Morgan fingerprint density at radius 2 is 1.90 bits per heavy atom. The third-order valence-electron chi connectivity index (χ3n) is 5.58. The smallest absolute Gasteiger partial charge is 0.321 e. The van der Waals surface area contributed by atoms with Crippen LogP contribution in [-0.2, 0) is 4.74 Å². The molecule has 156 valence electrons. The number of amides is 2. The molecule has 3 aromatic rings. The molecule has 5 rings (SSSR count). The first-order valence-electron chi connectivity index (χ1n) is 10.2. The van der Waals surface area contributed by atoms with Crippen LogP contribution >= 0.6 is 0 Å². The fraction of sp³-hybridized carbons (Fsp3) is 0.381. The summed E-state index contributed by atoms with van der Waals surface area (Å²) in [5.74, 6) is 1.05. The van der Waals surface area contributed by atoms with Gasteiger partial charge in [0.15, 0.2) is 0 Å². The van der Waals surface area contributed by atoms with Crippen molar-refractivity contribution in [2.75, 3.05) is 49.6 Å². The third-order valence-corrected chi connectivity index (χ3v) is 5.58. The van der Waals surface area contributed by atoms with Gasteiger partial charge >= 0.3 is 6.03 Å². The van der Waals surface area contributed by atoms with Crippen LogP contribution in [0.5, 0.6) is 0 Å². The van der Waals surface area contributed by atoms with Gasteiger partial charge in [-0.3, -0.25) is 4.40 Å². The number of ether oxygens (including phenoxy) is 1. The maximum atomic E-state index is 14.6. The fourth-order valence-corrected chi connectivity index (χ4v) is 3.96. The van der Waals surface area contributed by atoms with Crippen molar-refractivity contribution in [3.63, 3.8) is 0 Å². The molecule has 4 heterocycles. The topological polar surface area (TPSA) is 75.0 Å². The molecule has 30 heavy (non-hydrogen) atoms. The van der Waals surface area contributed by atoms with Crippen molar-refractivity contribution in [2.24, 2.45) is 0 Å². The minimum absolute atomic E-state index is 0.156. The molecule has 0 aliphatic carbocycles. The zero-order valence-corrected chi connectivity index (χ0v) is 16.6. The highest BCUT2D eigenvalue weighted by Gasteiger charge is 2.19. The lowest BCUT2D eigenvalue weighted by molar-refractivity contribution is 0.122. The van der Waals surface area contributed by atoms with Crippen LogP contribution in [0.2, 0.25) is 0 Å². The summed E-state index contributed by atoms with van der Waals surface area (Å²) >= 11 is 0. The molecule has 0 bridgehead atoms. The van der Waals surface area contributed by atoms with Crippen LogP contribution < -0.4 is 10.2 Å². The monoisotopic (exact) mass is 410 g/mol. The number of morpholine rings is 1. The molecular formula is C21H23FN6O2. The fourth-order valence-electron chi connectivity index (χ4n) is 3.96. The second-order valence-corrected chi connectivity index (χ2v) is 7.52. The van der Waals surface area contributed by atoms with Crippen LogP contribution in [0, 0.1) is 5.82 Å². The first kappa shape index (κ1) is 18.8. The van der Waals surface area contributed by atoms with E-state index in [1.54, 1.807) is 29.3 Å². The maximum Gasteiger partial charge on any atom is 0.321 e. The van der Waals surface area contributed by atoms with E-state index in [1.807, 2.05) is 10.6 Å². The number of carbonyl (C=O) groups excluding carboxylic acids is 1. The number of nitrogens with zero attached hydrogens (tertiary/aromatic N) is 5. The Morgan fingerprint density at radius 1 is 1.10 bits per heavy atom. The van der Waals surface area contributed by atoms with Gasteiger partial charge in [-0.05, 0) is 37.1 Å². The molecule has 2 amide bonds. The zero-order valence-electron chi connectivity index (χ0n) is 16.6. The number of halogens is 1. The SMILES string of the molecule is O=C(Nc1ccc(F)c(-c2ccn3c(N4CCOCC4)cnc3n2)c1)N1CCCC1. The van der Waals surface area contributed by atoms with Crippen LogP contribution in [0.1, 0.15) is 12.8 Å². The Morgan fingerprint density at radius 3 is 2.70 bits per heavy atom. The van der Waals surface area contributed by atoms with Gasteiger partial charge in [-0.2, -0.15) is 0 Å². The summed E-state index contributed by atoms with van der Waals surface area (Å²) < 4.78 is 21.9. The van der Waals surface area contributed by atoms with Crippen molar-refractivity contribution in [1.29, 1.82) is 0 Å². The van der Waals surface area contributed by atoms with Gasteiger partial charge in [0.05, 0.1) is 25.1 Å². The number of likely N-dealkylation sites (tertiary alicyclic amines) is 1. The standard InChI is InChI=1S/C21H23FN6O2/c22-17-4-3-15(24-21(29)27-6-1-2-7-27)13-16(17)18-5-8-28-19(14-23-20(28)25-18)26-9-11-30-12-10-26/h3-5,8,13-14H,1-2,6-7,9-12H2,(H,24,29). The quantitative estimate of drug-likeness (QED) is 0.719. The van der Waals surface area contributed by atoms with Crippen LogP contribution in [0.15, 0.2) is 36.7 Å². The number of rotatable bonds is 3. The molecule has 0 radical (unpaired) electrons. The number of benzene rings is 1. The molecule has 0 atom stereocenters. The molecule has 1 aromatic carbocycles. The summed E-state index contributed by atoms with van der Waals surface area (Å²) in [6.45, 7) is 4.46. The highest BCUT2D eigenvalue weighted by molar-refractivity contribution is 5.90. The number of urea groups is 1. The number of aromatic nitrogens is 3. The number of carbonyl (C=O) groups is 1. The van der Waals surface area contributed by atoms with Crippen LogP contribution in [-0.4, -0.2) is 64.7 Å². The van der Waals surface area contributed by atoms with Gasteiger partial charge in [-0.25, -0.2) is 19.2 Å². The molecule has 1 N–H and O–H groups in total. The van der Waals surface area contributed by atoms with Crippen molar-refractivity contribution >= 4 is 23.3 Å². The Bertz CT molecular complexity index is 1070. The summed E-state index contributed by atoms with van der Waals surface area (Å²) in [6, 6.07) is 6.15. The average Bonchev–Trinajstić information content (AvgIpc) is 3.45. The van der Waals surface area contributed by atoms with E-state index in [0.717, 1.165) is 44.8 Å². The predicted octanol–water partition coefficient (Wildman–Crippen LogP) is 3.00. The molecule has 9 heteroatoms. The molecule has 2 aliphatic rings. The van der Waals surface area contributed by atoms with E-state index >= 15 is 0 Å². The molecule has 2 aromatic heterocycles. The van der Waals surface area contributed by atoms with Crippen molar-refractivity contribution < 1.29 is 13.9 Å². The normalized spacial score (nSPS) is 17.0. The van der Waals surface area contributed by atoms with E-state index in [0.29, 0.717) is 35.9 Å². The molecule has 2 saturated heterocycles. The van der Waals surface area contributed by atoms with E-state index < -0.39 is 5.82 Å². The van der Waals surface area contributed by atoms with E-state index in [4.69, 9.17) is 4.74 Å². The number of anilines is 2. The summed E-state index contributed by atoms with van der Waals surface area (Å²) in [5, 5.41) is 2.86. The first-order valence-corrected chi connectivity index (χ1v) is 10.2. The highest BCUT2D eigenvalue weighted by Crippen LogP contribution is 2.27. The summed E-state index contributed by atoms with van der Waals surface area (Å²) in [7, 11) is 0. The maximum absolute atomic E-state index is 14.6. The van der Waals surface area contributed by atoms with Gasteiger partial charge < -0.3 is 19.9 Å². The zero-order chi connectivity index (χ0) is 20.5. The summed E-state index contributed by atoms with van der Waals surface area (Å²) in [5.41, 5.74) is 1.34. The number of nitrogens with one attached hydrogen (secondary N) is 1. The molecule has 0 saturated carbocycles. The molecule has 0 spiro atoms. The van der Waals surface area contributed by atoms with E-state index in [1.165, 1.54) is 6.07 Å². The van der Waals surface area contributed by atoms with Gasteiger partial charge in [-0.15, -0.1) is 0 Å². The van der Waals surface area contributed by atoms with Crippen molar-refractivity contribution in [3.05, 3.63) is 42.5 Å². The number of hydrogen-bond donors (Lipinski definition) is 1. The van der Waals surface area contributed by atoms with Crippen molar-refractivity contribution in [1.82, 2.24) is 19.3 Å². The largest absolute Gasteiger partial charge is 0.378 e. The lowest BCUT2D eigenvalue weighted by Gasteiger charge is -2.27.